The van der Waals surface area contributed by atoms with Crippen LogP contribution in [0.5, 0.6) is 0 Å². The van der Waals surface area contributed by atoms with Crippen molar-refractivity contribution in [1.82, 2.24) is 10.2 Å². The molecule has 0 radical (unpaired) electrons. The molecule has 6 heteroatoms. The molecular weight excluding hydrogens is 312 g/mol. The summed E-state index contributed by atoms with van der Waals surface area (Å²) in [6.07, 6.45) is 1.06. The Morgan fingerprint density at radius 1 is 1.35 bits per heavy atom. The highest BCUT2D eigenvalue weighted by Crippen LogP contribution is 2.16. The summed E-state index contributed by atoms with van der Waals surface area (Å²) in [6.45, 7) is 5.19. The number of hydrogen-bond donors (Lipinski definition) is 1. The second-order valence-corrected chi connectivity index (χ2v) is 8.72. The first-order valence-corrected chi connectivity index (χ1v) is 9.82. The second-order valence-electron chi connectivity index (χ2n) is 6.49. The largest absolute Gasteiger partial charge is 0.352 e. The smallest absolute Gasteiger partial charge is 0.221 e. The monoisotopic (exact) mass is 338 g/mol. The molecule has 5 nitrogen and oxygen atoms in total. The van der Waals surface area contributed by atoms with Gasteiger partial charge in [0.05, 0.1) is 11.5 Å². The quantitative estimate of drug-likeness (QED) is 0.852. The van der Waals surface area contributed by atoms with Gasteiger partial charge in [0, 0.05) is 25.6 Å². The van der Waals surface area contributed by atoms with Crippen LogP contribution in [0.2, 0.25) is 0 Å². The lowest BCUT2D eigenvalue weighted by Crippen LogP contribution is -2.36. The molecule has 0 spiro atoms. The van der Waals surface area contributed by atoms with Crippen LogP contribution in [0.1, 0.15) is 29.5 Å². The normalized spacial score (nSPS) is 19.9. The maximum Gasteiger partial charge on any atom is 0.221 e. The number of carbonyl (C=O) groups is 1. The van der Waals surface area contributed by atoms with Crippen molar-refractivity contribution in [1.29, 1.82) is 0 Å². The fourth-order valence-corrected chi connectivity index (χ4v) is 4.66. The molecule has 0 unspecified atom stereocenters. The van der Waals surface area contributed by atoms with Crippen LogP contribution < -0.4 is 5.32 Å². The molecule has 0 aromatic heterocycles. The average Bonchev–Trinajstić information content (AvgIpc) is 2.86. The Kier molecular flexibility index (Phi) is 5.81. The molecule has 1 atom stereocenters. The van der Waals surface area contributed by atoms with E-state index >= 15 is 0 Å². The Morgan fingerprint density at radius 2 is 2.09 bits per heavy atom. The van der Waals surface area contributed by atoms with E-state index in [1.807, 2.05) is 25.8 Å². The average molecular weight is 338 g/mol. The molecule has 1 fully saturated rings. The number of amides is 1. The number of aryl methyl sites for hydroxylation is 2. The molecule has 1 aromatic carbocycles. The Hall–Kier alpha value is -1.40. The first-order valence-electron chi connectivity index (χ1n) is 8.00. The van der Waals surface area contributed by atoms with Crippen molar-refractivity contribution in [2.24, 2.45) is 0 Å². The number of sulfone groups is 1. The highest BCUT2D eigenvalue weighted by atomic mass is 32.2. The molecule has 128 valence electrons. The summed E-state index contributed by atoms with van der Waals surface area (Å²) in [7, 11) is -0.984. The lowest BCUT2D eigenvalue weighted by Gasteiger charge is -2.22. The minimum atomic E-state index is -2.88. The van der Waals surface area contributed by atoms with Crippen molar-refractivity contribution >= 4 is 15.7 Å². The zero-order valence-electron chi connectivity index (χ0n) is 14.1. The van der Waals surface area contributed by atoms with E-state index in [0.717, 1.165) is 5.56 Å². The Morgan fingerprint density at radius 3 is 2.74 bits per heavy atom. The van der Waals surface area contributed by atoms with Crippen LogP contribution >= 0.6 is 0 Å². The van der Waals surface area contributed by atoms with Gasteiger partial charge in [-0.3, -0.25) is 4.79 Å². The fraction of sp³-hybridized carbons (Fsp3) is 0.588. The van der Waals surface area contributed by atoms with Crippen LogP contribution in [0.3, 0.4) is 0 Å². The van der Waals surface area contributed by atoms with Crippen LogP contribution in [0.4, 0.5) is 0 Å². The van der Waals surface area contributed by atoms with Crippen LogP contribution in [0.15, 0.2) is 18.2 Å². The van der Waals surface area contributed by atoms with Crippen molar-refractivity contribution in [3.63, 3.8) is 0 Å². The van der Waals surface area contributed by atoms with Crippen molar-refractivity contribution in [2.45, 2.75) is 39.3 Å². The van der Waals surface area contributed by atoms with Crippen LogP contribution in [-0.4, -0.2) is 50.4 Å². The molecule has 0 aliphatic carbocycles. The Labute approximate surface area is 139 Å². The van der Waals surface area contributed by atoms with Crippen LogP contribution in [-0.2, 0) is 21.2 Å². The minimum absolute atomic E-state index is 0.00129. The van der Waals surface area contributed by atoms with Crippen molar-refractivity contribution < 1.29 is 13.2 Å². The van der Waals surface area contributed by atoms with E-state index in [0.29, 0.717) is 25.9 Å². The summed E-state index contributed by atoms with van der Waals surface area (Å²) in [5, 5.41) is 2.95. The SMILES string of the molecule is Cc1ccc(C)c(CNC(=O)CCN(C)[C@H]2CCS(=O)(=O)C2)c1. The summed E-state index contributed by atoms with van der Waals surface area (Å²) >= 11 is 0. The third-order valence-corrected chi connectivity index (χ3v) is 6.25. The molecule has 1 saturated heterocycles. The van der Waals surface area contributed by atoms with Crippen molar-refractivity contribution in [3.8, 4) is 0 Å². The van der Waals surface area contributed by atoms with E-state index in [2.05, 4.69) is 23.5 Å². The van der Waals surface area contributed by atoms with Crippen LogP contribution in [0, 0.1) is 13.8 Å². The number of rotatable bonds is 6. The summed E-state index contributed by atoms with van der Waals surface area (Å²) < 4.78 is 23.0. The molecular formula is C17H26N2O3S. The molecule has 1 aliphatic heterocycles. The highest BCUT2D eigenvalue weighted by molar-refractivity contribution is 7.91. The van der Waals surface area contributed by atoms with E-state index in [1.165, 1.54) is 11.1 Å². The Balaban J connectivity index is 1.76. The molecule has 1 N–H and O–H groups in total. The van der Waals surface area contributed by atoms with E-state index < -0.39 is 9.84 Å². The first-order chi connectivity index (χ1) is 10.8. The van der Waals surface area contributed by atoms with E-state index in [9.17, 15) is 13.2 Å². The zero-order chi connectivity index (χ0) is 17.0. The van der Waals surface area contributed by atoms with Gasteiger partial charge in [-0.2, -0.15) is 0 Å². The summed E-state index contributed by atoms with van der Waals surface area (Å²) in [5.74, 6) is 0.479. The van der Waals surface area contributed by atoms with E-state index in [1.54, 1.807) is 0 Å². The minimum Gasteiger partial charge on any atom is -0.352 e. The molecule has 1 heterocycles. The zero-order valence-corrected chi connectivity index (χ0v) is 14.9. The molecule has 1 aliphatic rings. The molecule has 0 bridgehead atoms. The molecule has 2 rings (SSSR count). The van der Waals surface area contributed by atoms with Gasteiger partial charge in [-0.25, -0.2) is 8.42 Å². The fourth-order valence-electron chi connectivity index (χ4n) is 2.86. The van der Waals surface area contributed by atoms with Gasteiger partial charge in [-0.1, -0.05) is 23.8 Å². The van der Waals surface area contributed by atoms with Gasteiger partial charge in [-0.05, 0) is 38.4 Å². The van der Waals surface area contributed by atoms with Crippen molar-refractivity contribution in [3.05, 3.63) is 34.9 Å². The van der Waals surface area contributed by atoms with E-state index in [4.69, 9.17) is 0 Å². The summed E-state index contributed by atoms with van der Waals surface area (Å²) in [4.78, 5) is 14.0. The third-order valence-electron chi connectivity index (χ3n) is 4.50. The van der Waals surface area contributed by atoms with Crippen LogP contribution in [0.25, 0.3) is 0 Å². The topological polar surface area (TPSA) is 66.5 Å². The number of nitrogens with one attached hydrogen (secondary N) is 1. The number of nitrogens with zero attached hydrogens (tertiary/aromatic N) is 1. The maximum absolute atomic E-state index is 12.0. The van der Waals surface area contributed by atoms with Gasteiger partial charge >= 0.3 is 0 Å². The van der Waals surface area contributed by atoms with Gasteiger partial charge in [0.25, 0.3) is 0 Å². The predicted molar refractivity (Wildman–Crippen MR) is 92.1 cm³/mol. The third kappa shape index (κ3) is 5.32. The van der Waals surface area contributed by atoms with Gasteiger partial charge < -0.3 is 10.2 Å². The van der Waals surface area contributed by atoms with Crippen molar-refractivity contribution in [2.75, 3.05) is 25.1 Å². The second kappa shape index (κ2) is 7.45. The molecule has 23 heavy (non-hydrogen) atoms. The summed E-state index contributed by atoms with van der Waals surface area (Å²) in [6, 6.07) is 6.26. The number of hydrogen-bond acceptors (Lipinski definition) is 4. The molecule has 1 amide bonds. The number of benzene rings is 1. The van der Waals surface area contributed by atoms with Gasteiger partial charge in [0.15, 0.2) is 9.84 Å². The summed E-state index contributed by atoms with van der Waals surface area (Å²) in [5.41, 5.74) is 3.49. The van der Waals surface area contributed by atoms with Gasteiger partial charge in [0.2, 0.25) is 5.91 Å². The van der Waals surface area contributed by atoms with Gasteiger partial charge in [0.1, 0.15) is 0 Å². The van der Waals surface area contributed by atoms with E-state index in [-0.39, 0.29) is 23.5 Å². The Bertz CT molecular complexity index is 670. The molecule has 0 saturated carbocycles. The van der Waals surface area contributed by atoms with Gasteiger partial charge in [-0.15, -0.1) is 0 Å². The standard InChI is InChI=1S/C17H26N2O3S/c1-13-4-5-14(2)15(10-13)11-18-17(20)6-8-19(3)16-7-9-23(21,22)12-16/h4-5,10,16H,6-9,11-12H2,1-3H3,(H,18,20)/t16-/m0/s1. The first kappa shape index (κ1) is 17.9. The maximum atomic E-state index is 12.0. The molecule has 1 aromatic rings. The lowest BCUT2D eigenvalue weighted by atomic mass is 10.1. The lowest BCUT2D eigenvalue weighted by molar-refractivity contribution is -0.121. The highest BCUT2D eigenvalue weighted by Gasteiger charge is 2.30. The number of carbonyl (C=O) groups excluding carboxylic acids is 1. The predicted octanol–water partition coefficient (Wildman–Crippen LogP) is 1.43.